The quantitative estimate of drug-likeness (QED) is 0.661. The first-order chi connectivity index (χ1) is 10.0. The molecule has 0 bridgehead atoms. The number of pyridine rings is 1. The number of urea groups is 1. The number of hydrogen-bond donors (Lipinski definition) is 4. The van der Waals surface area contributed by atoms with Crippen LogP contribution < -0.4 is 10.6 Å². The summed E-state index contributed by atoms with van der Waals surface area (Å²) >= 11 is 0. The molecule has 110 valence electrons. The third-order valence-corrected chi connectivity index (χ3v) is 2.78. The number of aromatic nitrogens is 3. The summed E-state index contributed by atoms with van der Waals surface area (Å²) in [5.41, 5.74) is 1.78. The van der Waals surface area contributed by atoms with E-state index in [4.69, 9.17) is 5.11 Å². The number of nitrogens with one attached hydrogen (secondary N) is 3. The van der Waals surface area contributed by atoms with E-state index in [0.717, 1.165) is 5.56 Å². The largest absolute Gasteiger partial charge is 0.481 e. The van der Waals surface area contributed by atoms with E-state index in [9.17, 15) is 9.59 Å². The molecule has 21 heavy (non-hydrogen) atoms. The Morgan fingerprint density at radius 1 is 1.38 bits per heavy atom. The first-order valence-corrected chi connectivity index (χ1v) is 6.27. The lowest BCUT2D eigenvalue weighted by Crippen LogP contribution is -2.31. The van der Waals surface area contributed by atoms with Crippen LogP contribution in [0.4, 0.5) is 10.5 Å². The number of anilines is 1. The topological polar surface area (TPSA) is 120 Å². The Morgan fingerprint density at radius 2 is 2.19 bits per heavy atom. The number of aliphatic carboxylic acids is 1. The number of hydrogen-bond acceptors (Lipinski definition) is 4. The van der Waals surface area contributed by atoms with Crippen LogP contribution in [0.2, 0.25) is 0 Å². The van der Waals surface area contributed by atoms with Gasteiger partial charge in [0.25, 0.3) is 0 Å². The number of carboxylic acids is 1. The Morgan fingerprint density at radius 3 is 2.76 bits per heavy atom. The molecule has 2 amide bonds. The van der Waals surface area contributed by atoms with Crippen molar-refractivity contribution < 1.29 is 14.7 Å². The molecule has 2 heterocycles. The van der Waals surface area contributed by atoms with E-state index in [1.807, 2.05) is 6.92 Å². The number of rotatable bonds is 5. The second-order valence-corrected chi connectivity index (χ2v) is 4.46. The van der Waals surface area contributed by atoms with Gasteiger partial charge in [0, 0.05) is 11.8 Å². The number of carbonyl (C=O) groups is 2. The molecule has 0 aromatic carbocycles. The summed E-state index contributed by atoms with van der Waals surface area (Å²) in [5.74, 6) is -0.949. The monoisotopic (exact) mass is 289 g/mol. The predicted molar refractivity (Wildman–Crippen MR) is 74.7 cm³/mol. The third kappa shape index (κ3) is 4.30. The lowest BCUT2D eigenvalue weighted by atomic mass is 10.2. The molecule has 1 atom stereocenters. The van der Waals surface area contributed by atoms with E-state index in [1.165, 1.54) is 6.20 Å². The average molecular weight is 289 g/mol. The number of nitrogens with zero attached hydrogens (tertiary/aromatic N) is 2. The molecule has 0 spiro atoms. The zero-order valence-electron chi connectivity index (χ0n) is 11.3. The number of carboxylic acid groups (broad SMARTS) is 1. The molecule has 0 aliphatic carbocycles. The van der Waals surface area contributed by atoms with Gasteiger partial charge >= 0.3 is 12.0 Å². The van der Waals surface area contributed by atoms with Gasteiger partial charge in [-0.1, -0.05) is 0 Å². The first-order valence-electron chi connectivity index (χ1n) is 6.27. The molecular weight excluding hydrogens is 274 g/mol. The molecule has 2 rings (SSSR count). The van der Waals surface area contributed by atoms with Crippen molar-refractivity contribution in [3.05, 3.63) is 42.0 Å². The SMILES string of the molecule is CC(NC(=O)Nc1ccc(CC(=O)O)nc1)c1cn[nH]c1. The van der Waals surface area contributed by atoms with Gasteiger partial charge in [0.2, 0.25) is 0 Å². The maximum absolute atomic E-state index is 11.8. The Labute approximate surface area is 120 Å². The predicted octanol–water partition coefficient (Wildman–Crippen LogP) is 1.31. The Balaban J connectivity index is 1.89. The van der Waals surface area contributed by atoms with Crippen LogP contribution in [0.3, 0.4) is 0 Å². The summed E-state index contributed by atoms with van der Waals surface area (Å²) in [6.45, 7) is 1.83. The summed E-state index contributed by atoms with van der Waals surface area (Å²) in [6.07, 6.45) is 4.60. The maximum atomic E-state index is 11.8. The summed E-state index contributed by atoms with van der Waals surface area (Å²) in [4.78, 5) is 26.3. The molecule has 8 heteroatoms. The highest BCUT2D eigenvalue weighted by Crippen LogP contribution is 2.10. The van der Waals surface area contributed by atoms with Crippen LogP contribution in [0.1, 0.15) is 24.2 Å². The van der Waals surface area contributed by atoms with Crippen molar-refractivity contribution >= 4 is 17.7 Å². The van der Waals surface area contributed by atoms with E-state index in [-0.39, 0.29) is 18.5 Å². The van der Waals surface area contributed by atoms with Gasteiger partial charge in [0.1, 0.15) is 0 Å². The van der Waals surface area contributed by atoms with Gasteiger partial charge in [-0.05, 0) is 19.1 Å². The van der Waals surface area contributed by atoms with Crippen LogP contribution in [0, 0.1) is 0 Å². The molecule has 0 saturated carbocycles. The Kier molecular flexibility index (Phi) is 4.50. The molecule has 4 N–H and O–H groups in total. The van der Waals surface area contributed by atoms with E-state index in [2.05, 4.69) is 25.8 Å². The smallest absolute Gasteiger partial charge is 0.319 e. The molecule has 2 aromatic heterocycles. The lowest BCUT2D eigenvalue weighted by molar-refractivity contribution is -0.136. The van der Waals surface area contributed by atoms with Crippen molar-refractivity contribution in [3.63, 3.8) is 0 Å². The molecule has 2 aromatic rings. The van der Waals surface area contributed by atoms with Crippen LogP contribution in [-0.2, 0) is 11.2 Å². The second-order valence-electron chi connectivity index (χ2n) is 4.46. The van der Waals surface area contributed by atoms with Crippen molar-refractivity contribution in [2.75, 3.05) is 5.32 Å². The van der Waals surface area contributed by atoms with Crippen LogP contribution in [-0.4, -0.2) is 32.3 Å². The molecule has 0 aliphatic heterocycles. The highest BCUT2D eigenvalue weighted by molar-refractivity contribution is 5.89. The van der Waals surface area contributed by atoms with Crippen molar-refractivity contribution in [2.24, 2.45) is 0 Å². The standard InChI is InChI=1S/C13H15N5O3/c1-8(9-5-15-16-6-9)17-13(21)18-11-3-2-10(14-7-11)4-12(19)20/h2-3,5-8H,4H2,1H3,(H,15,16)(H,19,20)(H2,17,18,21). The molecule has 0 saturated heterocycles. The molecule has 0 aliphatic rings. The minimum Gasteiger partial charge on any atom is -0.481 e. The zero-order valence-corrected chi connectivity index (χ0v) is 11.3. The fourth-order valence-electron chi connectivity index (χ4n) is 1.70. The Bertz CT molecular complexity index is 609. The fourth-order valence-corrected chi connectivity index (χ4v) is 1.70. The van der Waals surface area contributed by atoms with Crippen molar-refractivity contribution in [1.82, 2.24) is 20.5 Å². The zero-order chi connectivity index (χ0) is 15.2. The van der Waals surface area contributed by atoms with Gasteiger partial charge < -0.3 is 15.7 Å². The van der Waals surface area contributed by atoms with E-state index < -0.39 is 5.97 Å². The van der Waals surface area contributed by atoms with Gasteiger partial charge in [-0.2, -0.15) is 5.10 Å². The third-order valence-electron chi connectivity index (χ3n) is 2.78. The van der Waals surface area contributed by atoms with Crippen LogP contribution in [0.15, 0.2) is 30.7 Å². The maximum Gasteiger partial charge on any atom is 0.319 e. The molecule has 1 unspecified atom stereocenters. The van der Waals surface area contributed by atoms with Crippen LogP contribution in [0.5, 0.6) is 0 Å². The highest BCUT2D eigenvalue weighted by Gasteiger charge is 2.10. The minimum absolute atomic E-state index is 0.149. The van der Waals surface area contributed by atoms with Gasteiger partial charge in [-0.25, -0.2) is 4.79 Å². The highest BCUT2D eigenvalue weighted by atomic mass is 16.4. The number of H-pyrrole nitrogens is 1. The molecule has 8 nitrogen and oxygen atoms in total. The van der Waals surface area contributed by atoms with Gasteiger partial charge in [-0.3, -0.25) is 14.9 Å². The molecule has 0 fully saturated rings. The van der Waals surface area contributed by atoms with E-state index in [1.54, 1.807) is 24.5 Å². The summed E-state index contributed by atoms with van der Waals surface area (Å²) < 4.78 is 0. The molecular formula is C13H15N5O3. The van der Waals surface area contributed by atoms with Gasteiger partial charge in [0.15, 0.2) is 0 Å². The van der Waals surface area contributed by atoms with Crippen molar-refractivity contribution in [3.8, 4) is 0 Å². The fraction of sp³-hybridized carbons (Fsp3) is 0.231. The van der Waals surface area contributed by atoms with Gasteiger partial charge in [0.05, 0.1) is 36.2 Å². The van der Waals surface area contributed by atoms with E-state index in [0.29, 0.717) is 11.4 Å². The second kappa shape index (κ2) is 6.51. The first kappa shape index (κ1) is 14.5. The van der Waals surface area contributed by atoms with Crippen molar-refractivity contribution in [2.45, 2.75) is 19.4 Å². The number of amides is 2. The lowest BCUT2D eigenvalue weighted by Gasteiger charge is -2.13. The Hall–Kier alpha value is -2.90. The summed E-state index contributed by atoms with van der Waals surface area (Å²) in [5, 5.41) is 20.5. The number of carbonyl (C=O) groups excluding carboxylic acids is 1. The van der Waals surface area contributed by atoms with Gasteiger partial charge in [-0.15, -0.1) is 0 Å². The number of aromatic amines is 1. The summed E-state index contributed by atoms with van der Waals surface area (Å²) in [6, 6.07) is 2.59. The van der Waals surface area contributed by atoms with E-state index >= 15 is 0 Å². The summed E-state index contributed by atoms with van der Waals surface area (Å²) in [7, 11) is 0. The van der Waals surface area contributed by atoms with Crippen LogP contribution >= 0.6 is 0 Å². The normalized spacial score (nSPS) is 11.7. The average Bonchev–Trinajstić information content (AvgIpc) is 2.94. The minimum atomic E-state index is -0.949. The van der Waals surface area contributed by atoms with Crippen LogP contribution in [0.25, 0.3) is 0 Å². The van der Waals surface area contributed by atoms with Crippen molar-refractivity contribution in [1.29, 1.82) is 0 Å². The molecule has 0 radical (unpaired) electrons.